The van der Waals surface area contributed by atoms with E-state index in [9.17, 15) is 8.42 Å². The fourth-order valence-electron chi connectivity index (χ4n) is 1.43. The topological polar surface area (TPSA) is 128 Å². The maximum Gasteiger partial charge on any atom is 0.238 e. The van der Waals surface area contributed by atoms with Gasteiger partial charge in [-0.25, -0.2) is 13.6 Å². The maximum absolute atomic E-state index is 11.2. The van der Waals surface area contributed by atoms with Gasteiger partial charge in [0, 0.05) is 13.2 Å². The van der Waals surface area contributed by atoms with Crippen molar-refractivity contribution in [3.8, 4) is 0 Å². The number of hydrogen-bond acceptors (Lipinski definition) is 6. The first-order chi connectivity index (χ1) is 8.95. The molecule has 0 radical (unpaired) electrons. The van der Waals surface area contributed by atoms with Crippen molar-refractivity contribution in [2.45, 2.75) is 11.3 Å². The molecule has 108 valence electrons. The number of nitrogens with two attached hydrogens (primary N) is 2. The first-order valence-electron chi connectivity index (χ1n) is 5.80. The molecule has 0 spiro atoms. The Bertz CT molecular complexity index is 505. The first kappa shape index (κ1) is 15.7. The van der Waals surface area contributed by atoms with Gasteiger partial charge in [-0.2, -0.15) is 0 Å². The zero-order valence-electron chi connectivity index (χ0n) is 10.5. The van der Waals surface area contributed by atoms with E-state index in [0.29, 0.717) is 37.6 Å². The van der Waals surface area contributed by atoms with Gasteiger partial charge in [0.05, 0.1) is 29.5 Å². The second-order valence-electron chi connectivity index (χ2n) is 3.91. The smallest absolute Gasteiger partial charge is 0.238 e. The number of nitrogens with one attached hydrogen (secondary N) is 1. The van der Waals surface area contributed by atoms with Gasteiger partial charge in [-0.3, -0.25) is 0 Å². The quantitative estimate of drug-likeness (QED) is 0.385. The number of rotatable bonds is 8. The molecule has 0 saturated carbocycles. The Balaban J connectivity index is 2.53. The summed E-state index contributed by atoms with van der Waals surface area (Å²) in [6.07, 6.45) is 0.707. The number of primary sulfonamides is 1. The molecule has 0 heterocycles. The van der Waals surface area contributed by atoms with E-state index in [4.69, 9.17) is 20.7 Å². The van der Waals surface area contributed by atoms with Crippen LogP contribution in [0, 0.1) is 0 Å². The summed E-state index contributed by atoms with van der Waals surface area (Å²) < 4.78 is 27.5. The van der Waals surface area contributed by atoms with Gasteiger partial charge >= 0.3 is 0 Å². The lowest BCUT2D eigenvalue weighted by molar-refractivity contribution is 0.0922. The minimum atomic E-state index is -3.73. The molecule has 0 aliphatic rings. The summed E-state index contributed by atoms with van der Waals surface area (Å²) in [5.74, 6) is 0. The average Bonchev–Trinajstić information content (AvgIpc) is 2.34. The van der Waals surface area contributed by atoms with Crippen LogP contribution in [0.4, 0.5) is 11.4 Å². The van der Waals surface area contributed by atoms with Crippen LogP contribution in [-0.2, 0) is 14.8 Å². The molecule has 0 atom stereocenters. The zero-order chi connectivity index (χ0) is 14.3. The minimum absolute atomic E-state index is 0.00319. The van der Waals surface area contributed by atoms with Crippen molar-refractivity contribution in [1.29, 1.82) is 0 Å². The number of anilines is 2. The largest absolute Gasteiger partial charge is 0.397 e. The standard InChI is InChI=1S/C11H19N3O4S/c12-10-3-2-9(19(13,16)17)8-11(10)14-4-1-6-18-7-5-15/h2-3,8,14-15H,1,4-7,12H2,(H2,13,16,17). The molecule has 0 unspecified atom stereocenters. The Kier molecular flexibility index (Phi) is 6.03. The van der Waals surface area contributed by atoms with Gasteiger partial charge in [-0.05, 0) is 24.6 Å². The van der Waals surface area contributed by atoms with Crippen LogP contribution in [0.5, 0.6) is 0 Å². The Labute approximate surface area is 112 Å². The van der Waals surface area contributed by atoms with Gasteiger partial charge in [-0.15, -0.1) is 0 Å². The van der Waals surface area contributed by atoms with Gasteiger partial charge in [0.25, 0.3) is 0 Å². The summed E-state index contributed by atoms with van der Waals surface area (Å²) in [6, 6.07) is 4.25. The zero-order valence-corrected chi connectivity index (χ0v) is 11.3. The van der Waals surface area contributed by atoms with E-state index in [0.717, 1.165) is 0 Å². The molecule has 0 aliphatic carbocycles. The third-order valence-corrected chi connectivity index (χ3v) is 3.28. The predicted octanol–water partition coefficient (Wildman–Crippen LogP) is -0.273. The molecule has 1 aromatic carbocycles. The van der Waals surface area contributed by atoms with Crippen LogP contribution in [0.25, 0.3) is 0 Å². The highest BCUT2D eigenvalue weighted by atomic mass is 32.2. The van der Waals surface area contributed by atoms with E-state index in [2.05, 4.69) is 5.32 Å². The van der Waals surface area contributed by atoms with Crippen LogP contribution in [0.1, 0.15) is 6.42 Å². The van der Waals surface area contributed by atoms with Crippen molar-refractivity contribution in [3.05, 3.63) is 18.2 Å². The Hall–Kier alpha value is -1.35. The number of aliphatic hydroxyl groups excluding tert-OH is 1. The Morgan fingerprint density at radius 2 is 2.05 bits per heavy atom. The molecule has 1 aromatic rings. The third kappa shape index (κ3) is 5.43. The molecule has 7 nitrogen and oxygen atoms in total. The highest BCUT2D eigenvalue weighted by molar-refractivity contribution is 7.89. The number of hydrogen-bond donors (Lipinski definition) is 4. The SMILES string of the molecule is Nc1ccc(S(N)(=O)=O)cc1NCCCOCCO. The average molecular weight is 289 g/mol. The van der Waals surface area contributed by atoms with E-state index in [-0.39, 0.29) is 11.5 Å². The number of ether oxygens (including phenoxy) is 1. The number of aliphatic hydroxyl groups is 1. The van der Waals surface area contributed by atoms with Gasteiger partial charge in [0.1, 0.15) is 0 Å². The van der Waals surface area contributed by atoms with Crippen LogP contribution in [-0.4, -0.2) is 39.9 Å². The Morgan fingerprint density at radius 3 is 2.68 bits per heavy atom. The summed E-state index contributed by atoms with van der Waals surface area (Å²) in [4.78, 5) is 0.0146. The number of nitrogen functional groups attached to an aromatic ring is 1. The lowest BCUT2D eigenvalue weighted by atomic mass is 10.2. The van der Waals surface area contributed by atoms with E-state index >= 15 is 0 Å². The highest BCUT2D eigenvalue weighted by Crippen LogP contribution is 2.21. The highest BCUT2D eigenvalue weighted by Gasteiger charge is 2.09. The molecule has 0 aliphatic heterocycles. The van der Waals surface area contributed by atoms with Gasteiger partial charge in [0.15, 0.2) is 0 Å². The van der Waals surface area contributed by atoms with Crippen molar-refractivity contribution >= 4 is 21.4 Å². The van der Waals surface area contributed by atoms with E-state index in [1.165, 1.54) is 18.2 Å². The van der Waals surface area contributed by atoms with Crippen LogP contribution in [0.3, 0.4) is 0 Å². The van der Waals surface area contributed by atoms with E-state index in [1.807, 2.05) is 0 Å². The van der Waals surface area contributed by atoms with Crippen LogP contribution in [0.15, 0.2) is 23.1 Å². The molecule has 0 fully saturated rings. The molecule has 8 heteroatoms. The molecule has 0 aromatic heterocycles. The molecule has 0 amide bonds. The molecular weight excluding hydrogens is 270 g/mol. The summed E-state index contributed by atoms with van der Waals surface area (Å²) in [6.45, 7) is 1.38. The predicted molar refractivity (Wildman–Crippen MR) is 73.2 cm³/mol. The second-order valence-corrected chi connectivity index (χ2v) is 5.47. The summed E-state index contributed by atoms with van der Waals surface area (Å²) in [7, 11) is -3.73. The van der Waals surface area contributed by atoms with Crippen molar-refractivity contribution in [1.82, 2.24) is 0 Å². The fourth-order valence-corrected chi connectivity index (χ4v) is 1.97. The Morgan fingerprint density at radius 1 is 1.32 bits per heavy atom. The van der Waals surface area contributed by atoms with Gasteiger partial charge in [0.2, 0.25) is 10.0 Å². The van der Waals surface area contributed by atoms with Crippen LogP contribution >= 0.6 is 0 Å². The van der Waals surface area contributed by atoms with Crippen molar-refractivity contribution in [3.63, 3.8) is 0 Å². The van der Waals surface area contributed by atoms with E-state index < -0.39 is 10.0 Å². The third-order valence-electron chi connectivity index (χ3n) is 2.37. The molecule has 19 heavy (non-hydrogen) atoms. The molecule has 1 rings (SSSR count). The fraction of sp³-hybridized carbons (Fsp3) is 0.455. The van der Waals surface area contributed by atoms with Crippen molar-refractivity contribution < 1.29 is 18.3 Å². The first-order valence-corrected chi connectivity index (χ1v) is 7.34. The normalized spacial score (nSPS) is 11.5. The van der Waals surface area contributed by atoms with Gasteiger partial charge < -0.3 is 20.9 Å². The summed E-state index contributed by atoms with van der Waals surface area (Å²) >= 11 is 0. The molecule has 0 saturated heterocycles. The number of sulfonamides is 1. The van der Waals surface area contributed by atoms with E-state index in [1.54, 1.807) is 0 Å². The lowest BCUT2D eigenvalue weighted by Gasteiger charge is -2.10. The van der Waals surface area contributed by atoms with Crippen molar-refractivity contribution in [2.24, 2.45) is 5.14 Å². The lowest BCUT2D eigenvalue weighted by Crippen LogP contribution is -2.14. The van der Waals surface area contributed by atoms with Gasteiger partial charge in [-0.1, -0.05) is 0 Å². The molecule has 6 N–H and O–H groups in total. The maximum atomic E-state index is 11.2. The van der Waals surface area contributed by atoms with Crippen LogP contribution in [0.2, 0.25) is 0 Å². The summed E-state index contributed by atoms with van der Waals surface area (Å²) in [5.41, 5.74) is 6.70. The number of benzene rings is 1. The van der Waals surface area contributed by atoms with Crippen LogP contribution < -0.4 is 16.2 Å². The second kappa shape index (κ2) is 7.29. The van der Waals surface area contributed by atoms with Crippen molar-refractivity contribution in [2.75, 3.05) is 37.4 Å². The summed E-state index contributed by atoms with van der Waals surface area (Å²) in [5, 5.41) is 16.6. The molecular formula is C11H19N3O4S. The monoisotopic (exact) mass is 289 g/mol. The minimum Gasteiger partial charge on any atom is -0.397 e. The molecule has 0 bridgehead atoms.